The van der Waals surface area contributed by atoms with Crippen LogP contribution in [0.1, 0.15) is 31.5 Å². The summed E-state index contributed by atoms with van der Waals surface area (Å²) in [7, 11) is 1.63. The SMILES string of the molecule is COc1ccc(-c2nc(C3(N)CCCC3)no2)cc1Br. The van der Waals surface area contributed by atoms with Gasteiger partial charge in [-0.15, -0.1) is 0 Å². The third-order valence-corrected chi connectivity index (χ3v) is 4.39. The van der Waals surface area contributed by atoms with Gasteiger partial charge in [0, 0.05) is 5.56 Å². The van der Waals surface area contributed by atoms with Crippen molar-refractivity contribution < 1.29 is 9.26 Å². The van der Waals surface area contributed by atoms with E-state index in [1.807, 2.05) is 18.2 Å². The van der Waals surface area contributed by atoms with Gasteiger partial charge in [0.2, 0.25) is 0 Å². The second-order valence-corrected chi connectivity index (χ2v) is 5.99. The molecule has 1 aliphatic rings. The van der Waals surface area contributed by atoms with E-state index in [1.165, 1.54) is 0 Å². The van der Waals surface area contributed by atoms with Crippen LogP contribution in [0.15, 0.2) is 27.2 Å². The Morgan fingerprint density at radius 3 is 2.75 bits per heavy atom. The summed E-state index contributed by atoms with van der Waals surface area (Å²) in [6.45, 7) is 0. The van der Waals surface area contributed by atoms with Crippen LogP contribution in [0.4, 0.5) is 0 Å². The second kappa shape index (κ2) is 5.18. The number of benzene rings is 1. The van der Waals surface area contributed by atoms with Crippen molar-refractivity contribution in [2.45, 2.75) is 31.2 Å². The molecule has 5 nitrogen and oxygen atoms in total. The van der Waals surface area contributed by atoms with Crippen LogP contribution in [0.5, 0.6) is 5.75 Å². The molecule has 1 aromatic heterocycles. The molecule has 0 bridgehead atoms. The molecular formula is C14H16BrN3O2. The minimum atomic E-state index is -0.425. The van der Waals surface area contributed by atoms with Gasteiger partial charge in [0.05, 0.1) is 17.1 Å². The molecule has 0 radical (unpaired) electrons. The molecule has 1 aromatic carbocycles. The zero-order chi connectivity index (χ0) is 14.2. The van der Waals surface area contributed by atoms with Crippen LogP contribution in [0.3, 0.4) is 0 Å². The van der Waals surface area contributed by atoms with Gasteiger partial charge in [0.25, 0.3) is 5.89 Å². The number of methoxy groups -OCH3 is 1. The van der Waals surface area contributed by atoms with E-state index in [0.717, 1.165) is 41.5 Å². The van der Waals surface area contributed by atoms with Crippen LogP contribution in [-0.4, -0.2) is 17.3 Å². The summed E-state index contributed by atoms with van der Waals surface area (Å²) in [5, 5.41) is 4.06. The van der Waals surface area contributed by atoms with Gasteiger partial charge in [-0.2, -0.15) is 4.98 Å². The second-order valence-electron chi connectivity index (χ2n) is 5.14. The molecule has 106 valence electrons. The van der Waals surface area contributed by atoms with Gasteiger partial charge in [-0.1, -0.05) is 18.0 Å². The molecule has 0 atom stereocenters. The van der Waals surface area contributed by atoms with Crippen LogP contribution < -0.4 is 10.5 Å². The molecule has 1 saturated carbocycles. The average molecular weight is 338 g/mol. The molecule has 2 aromatic rings. The molecule has 0 unspecified atom stereocenters. The smallest absolute Gasteiger partial charge is 0.258 e. The fourth-order valence-corrected chi connectivity index (χ4v) is 3.11. The highest BCUT2D eigenvalue weighted by Gasteiger charge is 2.36. The predicted molar refractivity (Wildman–Crippen MR) is 78.3 cm³/mol. The van der Waals surface area contributed by atoms with Crippen LogP contribution in [-0.2, 0) is 5.54 Å². The van der Waals surface area contributed by atoms with Crippen molar-refractivity contribution in [3.05, 3.63) is 28.5 Å². The van der Waals surface area contributed by atoms with E-state index in [2.05, 4.69) is 26.1 Å². The first-order valence-corrected chi connectivity index (χ1v) is 7.39. The Kier molecular flexibility index (Phi) is 3.52. The van der Waals surface area contributed by atoms with Gasteiger partial charge in [-0.25, -0.2) is 0 Å². The number of nitrogens with two attached hydrogens (primary N) is 1. The van der Waals surface area contributed by atoms with E-state index in [0.29, 0.717) is 11.7 Å². The van der Waals surface area contributed by atoms with Gasteiger partial charge in [-0.05, 0) is 47.0 Å². The topological polar surface area (TPSA) is 74.2 Å². The molecule has 0 saturated heterocycles. The number of ether oxygens (including phenoxy) is 1. The van der Waals surface area contributed by atoms with Gasteiger partial charge >= 0.3 is 0 Å². The van der Waals surface area contributed by atoms with Crippen LogP contribution in [0.2, 0.25) is 0 Å². The third kappa shape index (κ3) is 2.33. The maximum atomic E-state index is 6.33. The summed E-state index contributed by atoms with van der Waals surface area (Å²) in [4.78, 5) is 4.47. The molecule has 0 aliphatic heterocycles. The number of halogens is 1. The summed E-state index contributed by atoms with van der Waals surface area (Å²) < 4.78 is 11.4. The van der Waals surface area contributed by atoms with E-state index < -0.39 is 5.54 Å². The van der Waals surface area contributed by atoms with Crippen molar-refractivity contribution in [1.82, 2.24) is 10.1 Å². The van der Waals surface area contributed by atoms with E-state index in [1.54, 1.807) is 7.11 Å². The highest BCUT2D eigenvalue weighted by Crippen LogP contribution is 2.36. The minimum absolute atomic E-state index is 0.425. The predicted octanol–water partition coefficient (Wildman–Crippen LogP) is 3.24. The Labute approximate surface area is 125 Å². The fraction of sp³-hybridized carbons (Fsp3) is 0.429. The van der Waals surface area contributed by atoms with Gasteiger partial charge < -0.3 is 15.0 Å². The molecule has 0 amide bonds. The summed E-state index contributed by atoms with van der Waals surface area (Å²) >= 11 is 3.45. The summed E-state index contributed by atoms with van der Waals surface area (Å²) in [5.74, 6) is 1.86. The summed E-state index contributed by atoms with van der Waals surface area (Å²) in [6.07, 6.45) is 4.07. The Morgan fingerprint density at radius 2 is 2.10 bits per heavy atom. The molecule has 20 heavy (non-hydrogen) atoms. The van der Waals surface area contributed by atoms with Crippen LogP contribution >= 0.6 is 15.9 Å². The highest BCUT2D eigenvalue weighted by atomic mass is 79.9. The van der Waals surface area contributed by atoms with E-state index >= 15 is 0 Å². The number of aromatic nitrogens is 2. The first-order chi connectivity index (χ1) is 9.62. The molecule has 0 spiro atoms. The van der Waals surface area contributed by atoms with Crippen molar-refractivity contribution in [3.8, 4) is 17.2 Å². The maximum Gasteiger partial charge on any atom is 0.258 e. The first kappa shape index (κ1) is 13.6. The first-order valence-electron chi connectivity index (χ1n) is 6.59. The van der Waals surface area contributed by atoms with E-state index in [4.69, 9.17) is 15.0 Å². The van der Waals surface area contributed by atoms with Gasteiger partial charge in [0.15, 0.2) is 5.82 Å². The fourth-order valence-electron chi connectivity index (χ4n) is 2.57. The van der Waals surface area contributed by atoms with Crippen molar-refractivity contribution >= 4 is 15.9 Å². The molecule has 1 heterocycles. The monoisotopic (exact) mass is 337 g/mol. The van der Waals surface area contributed by atoms with Crippen molar-refractivity contribution in [2.75, 3.05) is 7.11 Å². The van der Waals surface area contributed by atoms with Crippen LogP contribution in [0.25, 0.3) is 11.5 Å². The zero-order valence-corrected chi connectivity index (χ0v) is 12.8. The number of hydrogen-bond acceptors (Lipinski definition) is 5. The van der Waals surface area contributed by atoms with Crippen molar-refractivity contribution in [3.63, 3.8) is 0 Å². The lowest BCUT2D eigenvalue weighted by molar-refractivity contribution is 0.372. The number of nitrogens with zero attached hydrogens (tertiary/aromatic N) is 2. The molecule has 1 aliphatic carbocycles. The van der Waals surface area contributed by atoms with Crippen molar-refractivity contribution in [1.29, 1.82) is 0 Å². The molecule has 6 heteroatoms. The average Bonchev–Trinajstić information content (AvgIpc) is 3.08. The van der Waals surface area contributed by atoms with E-state index in [9.17, 15) is 0 Å². The standard InChI is InChI=1S/C14H16BrN3O2/c1-19-11-5-4-9(8-10(11)15)12-17-13(18-20-12)14(16)6-2-3-7-14/h4-5,8H,2-3,6-7,16H2,1H3. The van der Waals surface area contributed by atoms with E-state index in [-0.39, 0.29) is 0 Å². The molecule has 2 N–H and O–H groups in total. The lowest BCUT2D eigenvalue weighted by atomic mass is 9.99. The number of hydrogen-bond donors (Lipinski definition) is 1. The van der Waals surface area contributed by atoms with Crippen molar-refractivity contribution in [2.24, 2.45) is 5.73 Å². The molecule has 1 fully saturated rings. The Balaban J connectivity index is 1.92. The Bertz CT molecular complexity index is 621. The third-order valence-electron chi connectivity index (χ3n) is 3.77. The molecular weight excluding hydrogens is 322 g/mol. The van der Waals surface area contributed by atoms with Gasteiger partial charge in [0.1, 0.15) is 5.75 Å². The van der Waals surface area contributed by atoms with Crippen LogP contribution in [0, 0.1) is 0 Å². The summed E-state index contributed by atoms with van der Waals surface area (Å²) in [5.41, 5.74) is 6.75. The largest absolute Gasteiger partial charge is 0.496 e. The highest BCUT2D eigenvalue weighted by molar-refractivity contribution is 9.10. The minimum Gasteiger partial charge on any atom is -0.496 e. The molecule has 3 rings (SSSR count). The number of rotatable bonds is 3. The Morgan fingerprint density at radius 1 is 1.35 bits per heavy atom. The Hall–Kier alpha value is -1.40. The normalized spacial score (nSPS) is 17.4. The zero-order valence-electron chi connectivity index (χ0n) is 11.2. The lowest BCUT2D eigenvalue weighted by Gasteiger charge is -2.17. The van der Waals surface area contributed by atoms with Gasteiger partial charge in [-0.3, -0.25) is 0 Å². The maximum absolute atomic E-state index is 6.33. The lowest BCUT2D eigenvalue weighted by Crippen LogP contribution is -2.34. The summed E-state index contributed by atoms with van der Waals surface area (Å²) in [6, 6.07) is 5.64. The quantitative estimate of drug-likeness (QED) is 0.930.